The number of carbonyl (C=O) groups is 2. The second-order valence-electron chi connectivity index (χ2n) is 9.65. The Bertz CT molecular complexity index is 952. The molecule has 1 fully saturated rings. The molecule has 2 atom stereocenters. The molecule has 2 unspecified atom stereocenters. The first kappa shape index (κ1) is 24.4. The Labute approximate surface area is 194 Å². The number of aliphatic hydroxyl groups excluding tert-OH is 1. The zero-order valence-electron chi connectivity index (χ0n) is 19.1. The lowest BCUT2D eigenvalue weighted by molar-refractivity contribution is 0.0409. The predicted octanol–water partition coefficient (Wildman–Crippen LogP) is 4.92. The molecular formula is C24H34ClN3O4. The van der Waals surface area contributed by atoms with Gasteiger partial charge in [-0.15, -0.1) is 0 Å². The molecule has 0 bridgehead atoms. The van der Waals surface area contributed by atoms with Gasteiger partial charge in [0.2, 0.25) is 0 Å². The molecule has 1 aliphatic rings. The number of H-pyrrole nitrogens is 1. The van der Waals surface area contributed by atoms with E-state index in [0.717, 1.165) is 43.0 Å². The summed E-state index contributed by atoms with van der Waals surface area (Å²) in [5, 5.41) is 17.0. The van der Waals surface area contributed by atoms with Gasteiger partial charge < -0.3 is 25.5 Å². The van der Waals surface area contributed by atoms with Crippen molar-refractivity contribution in [3.8, 4) is 0 Å². The molecule has 1 aliphatic carbocycles. The van der Waals surface area contributed by atoms with Crippen LogP contribution in [-0.2, 0) is 4.74 Å². The number of halogens is 1. The number of amides is 2. The maximum atomic E-state index is 13.3. The molecule has 32 heavy (non-hydrogen) atoms. The predicted molar refractivity (Wildman–Crippen MR) is 126 cm³/mol. The van der Waals surface area contributed by atoms with Crippen LogP contribution in [0.2, 0.25) is 5.02 Å². The summed E-state index contributed by atoms with van der Waals surface area (Å²) in [6, 6.07) is 6.97. The second-order valence-corrected chi connectivity index (χ2v) is 10.1. The second kappa shape index (κ2) is 10.1. The van der Waals surface area contributed by atoms with Gasteiger partial charge in [-0.05, 0) is 77.1 Å². The minimum Gasteiger partial charge on any atom is -0.444 e. The van der Waals surface area contributed by atoms with Crippen molar-refractivity contribution in [2.75, 3.05) is 6.61 Å². The number of carbonyl (C=O) groups excluding carboxylic acids is 2. The first-order chi connectivity index (χ1) is 15.1. The van der Waals surface area contributed by atoms with E-state index in [1.165, 1.54) is 0 Å². The van der Waals surface area contributed by atoms with Gasteiger partial charge in [-0.3, -0.25) is 4.79 Å². The van der Waals surface area contributed by atoms with Gasteiger partial charge in [0.15, 0.2) is 0 Å². The van der Waals surface area contributed by atoms with Gasteiger partial charge in [-0.25, -0.2) is 4.79 Å². The van der Waals surface area contributed by atoms with Crippen molar-refractivity contribution in [2.24, 2.45) is 0 Å². The molecule has 0 radical (unpaired) electrons. The number of rotatable bonds is 7. The molecule has 0 aliphatic heterocycles. The molecular weight excluding hydrogens is 430 g/mol. The van der Waals surface area contributed by atoms with Gasteiger partial charge in [0, 0.05) is 22.5 Å². The van der Waals surface area contributed by atoms with E-state index in [4.69, 9.17) is 16.3 Å². The largest absolute Gasteiger partial charge is 0.444 e. The zero-order chi connectivity index (χ0) is 23.4. The van der Waals surface area contributed by atoms with Gasteiger partial charge in [0.25, 0.3) is 5.91 Å². The van der Waals surface area contributed by atoms with E-state index in [1.54, 1.807) is 12.1 Å². The van der Waals surface area contributed by atoms with Crippen LogP contribution in [0.1, 0.15) is 76.2 Å². The van der Waals surface area contributed by atoms with Gasteiger partial charge in [-0.1, -0.05) is 24.4 Å². The van der Waals surface area contributed by atoms with Gasteiger partial charge in [-0.2, -0.15) is 0 Å². The van der Waals surface area contributed by atoms with Crippen LogP contribution in [0.5, 0.6) is 0 Å². The summed E-state index contributed by atoms with van der Waals surface area (Å²) in [7, 11) is 0. The Hall–Kier alpha value is -2.25. The summed E-state index contributed by atoms with van der Waals surface area (Å²) in [6.07, 6.45) is 4.97. The van der Waals surface area contributed by atoms with E-state index in [-0.39, 0.29) is 18.6 Å². The van der Waals surface area contributed by atoms with Crippen molar-refractivity contribution in [3.05, 3.63) is 35.0 Å². The summed E-state index contributed by atoms with van der Waals surface area (Å²) in [4.78, 5) is 29.0. The molecule has 7 nitrogen and oxygen atoms in total. The molecule has 2 amide bonds. The van der Waals surface area contributed by atoms with Gasteiger partial charge >= 0.3 is 6.09 Å². The number of nitrogens with one attached hydrogen (secondary N) is 3. The number of hydrogen-bond acceptors (Lipinski definition) is 4. The van der Waals surface area contributed by atoms with E-state index >= 15 is 0 Å². The van der Waals surface area contributed by atoms with Crippen LogP contribution in [0.25, 0.3) is 10.9 Å². The maximum absolute atomic E-state index is 13.3. The molecule has 2 aromatic rings. The Morgan fingerprint density at radius 1 is 1.25 bits per heavy atom. The Balaban J connectivity index is 1.84. The maximum Gasteiger partial charge on any atom is 0.407 e. The van der Waals surface area contributed by atoms with E-state index < -0.39 is 17.2 Å². The third kappa shape index (κ3) is 6.17. The molecule has 0 saturated heterocycles. The van der Waals surface area contributed by atoms with Gasteiger partial charge in [0.1, 0.15) is 11.3 Å². The summed E-state index contributed by atoms with van der Waals surface area (Å²) in [6.45, 7) is 5.57. The summed E-state index contributed by atoms with van der Waals surface area (Å²) < 4.78 is 5.48. The molecule has 176 valence electrons. The smallest absolute Gasteiger partial charge is 0.407 e. The number of benzene rings is 1. The number of alkyl carbamates (subject to hydrolysis) is 1. The number of aromatic amines is 1. The van der Waals surface area contributed by atoms with Crippen molar-refractivity contribution < 1.29 is 19.4 Å². The lowest BCUT2D eigenvalue weighted by atomic mass is 9.74. The monoisotopic (exact) mass is 463 g/mol. The van der Waals surface area contributed by atoms with E-state index in [9.17, 15) is 14.7 Å². The van der Waals surface area contributed by atoms with Crippen LogP contribution < -0.4 is 10.6 Å². The van der Waals surface area contributed by atoms with Crippen LogP contribution in [-0.4, -0.2) is 45.9 Å². The van der Waals surface area contributed by atoms with Gasteiger partial charge in [0.05, 0.1) is 11.6 Å². The highest BCUT2D eigenvalue weighted by atomic mass is 35.5. The lowest BCUT2D eigenvalue weighted by Gasteiger charge is -2.45. The normalized spacial score (nSPS) is 21.3. The molecule has 4 N–H and O–H groups in total. The quantitative estimate of drug-likeness (QED) is 0.437. The topological polar surface area (TPSA) is 103 Å². The van der Waals surface area contributed by atoms with Crippen molar-refractivity contribution in [1.29, 1.82) is 0 Å². The number of unbranched alkanes of at least 4 members (excludes halogenated alkanes) is 1. The third-order valence-electron chi connectivity index (χ3n) is 5.94. The molecule has 1 heterocycles. The van der Waals surface area contributed by atoms with E-state index in [2.05, 4.69) is 15.6 Å². The fraction of sp³-hybridized carbons (Fsp3) is 0.583. The number of hydrogen-bond donors (Lipinski definition) is 4. The average Bonchev–Trinajstić information content (AvgIpc) is 3.12. The highest BCUT2D eigenvalue weighted by Crippen LogP contribution is 2.34. The van der Waals surface area contributed by atoms with Crippen molar-refractivity contribution in [1.82, 2.24) is 15.6 Å². The summed E-state index contributed by atoms with van der Waals surface area (Å²) in [5.74, 6) is -0.223. The van der Waals surface area contributed by atoms with Crippen molar-refractivity contribution >= 4 is 34.5 Å². The zero-order valence-corrected chi connectivity index (χ0v) is 19.8. The average molecular weight is 464 g/mol. The van der Waals surface area contributed by atoms with Crippen LogP contribution in [0, 0.1) is 0 Å². The third-order valence-corrected chi connectivity index (χ3v) is 6.18. The summed E-state index contributed by atoms with van der Waals surface area (Å²) >= 11 is 6.08. The highest BCUT2D eigenvalue weighted by molar-refractivity contribution is 6.31. The minimum absolute atomic E-state index is 0.0942. The lowest BCUT2D eigenvalue weighted by Crippen LogP contribution is -2.64. The first-order valence-corrected chi connectivity index (χ1v) is 11.7. The van der Waals surface area contributed by atoms with Crippen LogP contribution >= 0.6 is 11.6 Å². The molecule has 1 saturated carbocycles. The fourth-order valence-corrected chi connectivity index (χ4v) is 4.66. The number of fused-ring (bicyclic) bond motifs is 1. The molecule has 0 spiro atoms. The van der Waals surface area contributed by atoms with Crippen molar-refractivity contribution in [2.45, 2.75) is 82.9 Å². The molecule has 1 aromatic heterocycles. The van der Waals surface area contributed by atoms with Crippen LogP contribution in [0.3, 0.4) is 0 Å². The fourth-order valence-electron chi connectivity index (χ4n) is 4.48. The molecule has 8 heteroatoms. The minimum atomic E-state index is -0.615. The SMILES string of the molecule is CC(C)(C)OC(=O)NC1CCCCC1(CCCCO)NC(=O)c1cc2cc(Cl)ccc2[nH]1. The van der Waals surface area contributed by atoms with E-state index in [1.807, 2.05) is 32.9 Å². The molecule has 3 rings (SSSR count). The van der Waals surface area contributed by atoms with E-state index in [0.29, 0.717) is 23.6 Å². The Kier molecular flexibility index (Phi) is 7.72. The highest BCUT2D eigenvalue weighted by Gasteiger charge is 2.43. The Morgan fingerprint density at radius 2 is 2.03 bits per heavy atom. The number of ether oxygens (including phenoxy) is 1. The number of aliphatic hydroxyl groups is 1. The number of aromatic nitrogens is 1. The standard InChI is InChI=1S/C24H34ClN3O4/c1-23(2,3)32-22(31)27-20-8-4-5-11-24(20,12-6-7-13-29)28-21(30)19-15-16-14-17(25)9-10-18(16)26-19/h9-10,14-15,20,26,29H,4-8,11-13H2,1-3H3,(H,27,31)(H,28,30). The van der Waals surface area contributed by atoms with Crippen molar-refractivity contribution in [3.63, 3.8) is 0 Å². The van der Waals surface area contributed by atoms with Crippen LogP contribution in [0.4, 0.5) is 4.79 Å². The summed E-state index contributed by atoms with van der Waals surface area (Å²) in [5.41, 5.74) is 0.0649. The molecule has 1 aromatic carbocycles. The van der Waals surface area contributed by atoms with Crippen LogP contribution in [0.15, 0.2) is 24.3 Å². The first-order valence-electron chi connectivity index (χ1n) is 11.3. The Morgan fingerprint density at radius 3 is 2.75 bits per heavy atom.